The highest BCUT2D eigenvalue weighted by Gasteiger charge is 2.45. The highest BCUT2D eigenvalue weighted by Crippen LogP contribution is 2.40. The number of likely N-dealkylation sites (tertiary alicyclic amines) is 1. The first kappa shape index (κ1) is 27.3. The van der Waals surface area contributed by atoms with Crippen molar-refractivity contribution >= 4 is 17.7 Å². The second kappa shape index (κ2) is 10.4. The van der Waals surface area contributed by atoms with E-state index in [9.17, 15) is 32.7 Å². The summed E-state index contributed by atoms with van der Waals surface area (Å²) in [4.78, 5) is 40.5. The molecule has 5 rings (SSSR count). The average Bonchev–Trinajstić information content (AvgIpc) is 3.21. The summed E-state index contributed by atoms with van der Waals surface area (Å²) >= 11 is 0. The van der Waals surface area contributed by atoms with Gasteiger partial charge in [-0.1, -0.05) is 24.3 Å². The summed E-state index contributed by atoms with van der Waals surface area (Å²) in [7, 11) is 1.55. The Morgan fingerprint density at radius 2 is 1.87 bits per heavy atom. The molecule has 2 fully saturated rings. The number of carbonyl (C=O) groups is 3. The molecule has 8 nitrogen and oxygen atoms in total. The Morgan fingerprint density at radius 3 is 2.54 bits per heavy atom. The summed E-state index contributed by atoms with van der Waals surface area (Å²) in [6.45, 7) is 1.88. The number of piperidine rings is 2. The molecule has 0 saturated carbocycles. The number of fused-ring (bicyclic) bond motifs is 1. The van der Waals surface area contributed by atoms with Crippen LogP contribution >= 0.6 is 0 Å². The molecular formula is C28H30F3N3O5. The molecule has 0 aliphatic carbocycles. The van der Waals surface area contributed by atoms with E-state index in [1.54, 1.807) is 19.2 Å². The number of hydrogen-bond acceptors (Lipinski definition) is 6. The van der Waals surface area contributed by atoms with Crippen LogP contribution in [0.3, 0.4) is 0 Å². The maximum atomic E-state index is 13.1. The Bertz CT molecular complexity index is 1280. The summed E-state index contributed by atoms with van der Waals surface area (Å²) in [6, 6.07) is 9.60. The number of benzene rings is 2. The van der Waals surface area contributed by atoms with Gasteiger partial charge in [0.1, 0.15) is 6.04 Å². The van der Waals surface area contributed by atoms with Crippen LogP contribution in [-0.2, 0) is 39.2 Å². The molecule has 208 valence electrons. The van der Waals surface area contributed by atoms with Crippen molar-refractivity contribution in [1.29, 1.82) is 0 Å². The molecule has 2 saturated heterocycles. The smallest absolute Gasteiger partial charge is 0.385 e. The molecule has 3 heterocycles. The zero-order chi connectivity index (χ0) is 27.9. The van der Waals surface area contributed by atoms with Crippen LogP contribution in [0.4, 0.5) is 13.2 Å². The lowest BCUT2D eigenvalue weighted by Gasteiger charge is -2.45. The van der Waals surface area contributed by atoms with Gasteiger partial charge in [-0.15, -0.1) is 0 Å². The van der Waals surface area contributed by atoms with Crippen molar-refractivity contribution in [2.75, 3.05) is 26.8 Å². The predicted molar refractivity (Wildman–Crippen MR) is 133 cm³/mol. The Hall–Kier alpha value is -3.28. The highest BCUT2D eigenvalue weighted by molar-refractivity contribution is 6.05. The van der Waals surface area contributed by atoms with Gasteiger partial charge < -0.3 is 14.7 Å². The van der Waals surface area contributed by atoms with Crippen molar-refractivity contribution in [3.63, 3.8) is 0 Å². The first-order valence-corrected chi connectivity index (χ1v) is 12.9. The standard InChI is InChI=1S/C28H30F3N3O5/c1-39-16-21-15-33(13-17-2-4-19(5-3-17)28(29,30)31)11-10-27(21,38)20-6-7-22-18(12-20)14-34(26(22)37)23-8-9-24(35)32-25(23)36/h2-7,12,21,23,38H,8-11,13-16H2,1H3,(H,32,35,36). The van der Waals surface area contributed by atoms with Gasteiger partial charge in [-0.3, -0.25) is 24.6 Å². The van der Waals surface area contributed by atoms with E-state index in [0.29, 0.717) is 42.7 Å². The fraction of sp³-hybridized carbons (Fsp3) is 0.464. The zero-order valence-electron chi connectivity index (χ0n) is 21.5. The second-order valence-electron chi connectivity index (χ2n) is 10.5. The van der Waals surface area contributed by atoms with Gasteiger partial charge in [-0.2, -0.15) is 13.2 Å². The number of hydrogen-bond donors (Lipinski definition) is 2. The van der Waals surface area contributed by atoms with E-state index in [-0.39, 0.29) is 43.7 Å². The number of carbonyl (C=O) groups excluding carboxylic acids is 3. The molecular weight excluding hydrogens is 515 g/mol. The second-order valence-corrected chi connectivity index (χ2v) is 10.5. The Kier molecular flexibility index (Phi) is 7.25. The van der Waals surface area contributed by atoms with Gasteiger partial charge >= 0.3 is 6.18 Å². The number of nitrogens with zero attached hydrogens (tertiary/aromatic N) is 2. The lowest BCUT2D eigenvalue weighted by molar-refractivity contribution is -0.138. The molecule has 2 N–H and O–H groups in total. The van der Waals surface area contributed by atoms with Crippen LogP contribution < -0.4 is 5.32 Å². The zero-order valence-corrected chi connectivity index (χ0v) is 21.5. The van der Waals surface area contributed by atoms with Gasteiger partial charge in [0.05, 0.1) is 17.8 Å². The van der Waals surface area contributed by atoms with Crippen molar-refractivity contribution in [3.8, 4) is 0 Å². The molecule has 0 radical (unpaired) electrons. The number of halogens is 3. The molecule has 39 heavy (non-hydrogen) atoms. The molecule has 3 aliphatic heterocycles. The van der Waals surface area contributed by atoms with Crippen molar-refractivity contribution in [2.24, 2.45) is 5.92 Å². The number of methoxy groups -OCH3 is 1. The Balaban J connectivity index is 1.31. The SMILES string of the molecule is COCC1CN(Cc2ccc(C(F)(F)F)cc2)CCC1(O)c1ccc2c(c1)CN(C1CCC(=O)NC1=O)C2=O. The topological polar surface area (TPSA) is 99.2 Å². The number of ether oxygens (including phenoxy) is 1. The van der Waals surface area contributed by atoms with E-state index in [1.165, 1.54) is 17.0 Å². The van der Waals surface area contributed by atoms with Crippen LogP contribution in [0, 0.1) is 5.92 Å². The number of imide groups is 1. The number of nitrogens with one attached hydrogen (secondary N) is 1. The third kappa shape index (κ3) is 5.30. The number of rotatable bonds is 6. The van der Waals surface area contributed by atoms with Gasteiger partial charge in [0.2, 0.25) is 11.8 Å². The van der Waals surface area contributed by atoms with Crippen molar-refractivity contribution < 1.29 is 37.4 Å². The Labute approximate surface area is 223 Å². The molecule has 0 aromatic heterocycles. The summed E-state index contributed by atoms with van der Waals surface area (Å²) in [6.07, 6.45) is -3.58. The monoisotopic (exact) mass is 545 g/mol. The van der Waals surface area contributed by atoms with E-state index >= 15 is 0 Å². The van der Waals surface area contributed by atoms with Crippen LogP contribution in [0.5, 0.6) is 0 Å². The lowest BCUT2D eigenvalue weighted by Crippen LogP contribution is -2.52. The molecule has 11 heteroatoms. The maximum absolute atomic E-state index is 13.1. The van der Waals surface area contributed by atoms with Gasteiger partial charge in [-0.05, 0) is 47.7 Å². The van der Waals surface area contributed by atoms with E-state index in [2.05, 4.69) is 10.2 Å². The van der Waals surface area contributed by atoms with Crippen LogP contribution in [0.15, 0.2) is 42.5 Å². The fourth-order valence-corrected chi connectivity index (χ4v) is 5.90. The Morgan fingerprint density at radius 1 is 1.13 bits per heavy atom. The fourth-order valence-electron chi connectivity index (χ4n) is 5.90. The number of amides is 3. The molecule has 3 atom stereocenters. The van der Waals surface area contributed by atoms with Crippen molar-refractivity contribution in [1.82, 2.24) is 15.1 Å². The third-order valence-electron chi connectivity index (χ3n) is 8.04. The molecule has 3 unspecified atom stereocenters. The quantitative estimate of drug-likeness (QED) is 0.542. The van der Waals surface area contributed by atoms with Crippen LogP contribution in [-0.4, -0.2) is 65.5 Å². The summed E-state index contributed by atoms with van der Waals surface area (Å²) in [5, 5.41) is 14.2. The van der Waals surface area contributed by atoms with E-state index in [4.69, 9.17) is 4.74 Å². The van der Waals surface area contributed by atoms with Gasteiger partial charge in [-0.25, -0.2) is 0 Å². The summed E-state index contributed by atoms with van der Waals surface area (Å²) in [5.41, 5.74) is 0.633. The van der Waals surface area contributed by atoms with Crippen LogP contribution in [0.2, 0.25) is 0 Å². The highest BCUT2D eigenvalue weighted by atomic mass is 19.4. The minimum atomic E-state index is -4.39. The number of aliphatic hydroxyl groups is 1. The van der Waals surface area contributed by atoms with Gasteiger partial charge in [0.25, 0.3) is 5.91 Å². The molecule has 0 bridgehead atoms. The summed E-state index contributed by atoms with van der Waals surface area (Å²) < 4.78 is 44.2. The predicted octanol–water partition coefficient (Wildman–Crippen LogP) is 2.82. The first-order chi connectivity index (χ1) is 18.5. The summed E-state index contributed by atoms with van der Waals surface area (Å²) in [5.74, 6) is -1.43. The van der Waals surface area contributed by atoms with Crippen LogP contribution in [0.25, 0.3) is 0 Å². The average molecular weight is 546 g/mol. The molecule has 3 aliphatic rings. The van der Waals surface area contributed by atoms with E-state index in [0.717, 1.165) is 17.7 Å². The molecule has 2 aromatic carbocycles. The largest absolute Gasteiger partial charge is 0.416 e. The van der Waals surface area contributed by atoms with Crippen molar-refractivity contribution in [3.05, 3.63) is 70.3 Å². The minimum Gasteiger partial charge on any atom is -0.385 e. The molecule has 2 aromatic rings. The number of alkyl halides is 3. The molecule has 0 spiro atoms. The lowest BCUT2D eigenvalue weighted by atomic mass is 9.75. The van der Waals surface area contributed by atoms with Gasteiger partial charge in [0, 0.05) is 51.2 Å². The van der Waals surface area contributed by atoms with Crippen LogP contribution in [0.1, 0.15) is 51.9 Å². The minimum absolute atomic E-state index is 0.170. The van der Waals surface area contributed by atoms with E-state index in [1.807, 2.05) is 6.07 Å². The molecule has 3 amide bonds. The van der Waals surface area contributed by atoms with Gasteiger partial charge in [0.15, 0.2) is 0 Å². The normalized spacial score (nSPS) is 26.1. The van der Waals surface area contributed by atoms with Crippen molar-refractivity contribution in [2.45, 2.75) is 50.2 Å². The first-order valence-electron chi connectivity index (χ1n) is 12.9. The third-order valence-corrected chi connectivity index (χ3v) is 8.04. The van der Waals surface area contributed by atoms with E-state index < -0.39 is 29.3 Å². The maximum Gasteiger partial charge on any atom is 0.416 e.